The molecule has 0 radical (unpaired) electrons. The fourth-order valence-corrected chi connectivity index (χ4v) is 3.03. The highest BCUT2D eigenvalue weighted by atomic mass is 32.1. The molecule has 4 nitrogen and oxygen atoms in total. The average molecular weight is 348 g/mol. The lowest BCUT2D eigenvalue weighted by Crippen LogP contribution is -2.32. The van der Waals surface area contributed by atoms with Crippen molar-refractivity contribution in [3.05, 3.63) is 54.1 Å². The number of hydrogen-bond donors (Lipinski definition) is 1. The summed E-state index contributed by atoms with van der Waals surface area (Å²) >= 11 is 1.19. The van der Waals surface area contributed by atoms with Crippen molar-refractivity contribution >= 4 is 32.6 Å². The van der Waals surface area contributed by atoms with Gasteiger partial charge in [-0.3, -0.25) is 10.1 Å². The molecule has 124 valence electrons. The fraction of sp³-hybridized carbons (Fsp3) is 0.176. The van der Waals surface area contributed by atoms with Gasteiger partial charge in [0.15, 0.2) is 11.2 Å². The number of carbonyl (C=O) groups is 1. The van der Waals surface area contributed by atoms with Crippen molar-refractivity contribution in [2.24, 2.45) is 0 Å². The van der Waals surface area contributed by atoms with Gasteiger partial charge in [-0.2, -0.15) is 0 Å². The number of aromatic nitrogens is 1. The van der Waals surface area contributed by atoms with Crippen LogP contribution in [0.15, 0.2) is 42.5 Å². The first-order valence-corrected chi connectivity index (χ1v) is 8.16. The Balaban J connectivity index is 1.72. The molecule has 7 heteroatoms. The zero-order chi connectivity index (χ0) is 17.1. The van der Waals surface area contributed by atoms with E-state index in [0.29, 0.717) is 27.5 Å². The molecule has 1 N–H and O–H groups in total. The third kappa shape index (κ3) is 3.68. The van der Waals surface area contributed by atoms with E-state index in [4.69, 9.17) is 4.74 Å². The van der Waals surface area contributed by atoms with E-state index in [1.54, 1.807) is 6.07 Å². The standard InChI is InChI=1S/C17H14F2N2O2S/c1-2-14(23-12-6-3-10(18)4-7-12)16(22)21-17-20-13-8-5-11(19)9-15(13)24-17/h3-9,14H,2H2,1H3,(H,20,21,22)/t14-/m1/s1. The van der Waals surface area contributed by atoms with E-state index in [2.05, 4.69) is 10.3 Å². The van der Waals surface area contributed by atoms with Gasteiger partial charge < -0.3 is 4.74 Å². The van der Waals surface area contributed by atoms with Crippen molar-refractivity contribution in [3.8, 4) is 5.75 Å². The van der Waals surface area contributed by atoms with Crippen molar-refractivity contribution in [1.82, 2.24) is 4.98 Å². The summed E-state index contributed by atoms with van der Waals surface area (Å²) in [5.74, 6) is -0.678. The summed E-state index contributed by atoms with van der Waals surface area (Å²) in [4.78, 5) is 16.6. The van der Waals surface area contributed by atoms with E-state index >= 15 is 0 Å². The van der Waals surface area contributed by atoms with Gasteiger partial charge in [0, 0.05) is 0 Å². The van der Waals surface area contributed by atoms with Crippen LogP contribution in [0.2, 0.25) is 0 Å². The van der Waals surface area contributed by atoms with Crippen molar-refractivity contribution in [2.75, 3.05) is 5.32 Å². The topological polar surface area (TPSA) is 51.2 Å². The van der Waals surface area contributed by atoms with Crippen LogP contribution in [0.1, 0.15) is 13.3 Å². The van der Waals surface area contributed by atoms with Crippen LogP contribution in [0.25, 0.3) is 10.2 Å². The van der Waals surface area contributed by atoms with E-state index in [9.17, 15) is 13.6 Å². The van der Waals surface area contributed by atoms with Gasteiger partial charge in [0.2, 0.25) is 0 Å². The number of nitrogens with one attached hydrogen (secondary N) is 1. The quantitative estimate of drug-likeness (QED) is 0.745. The number of fused-ring (bicyclic) bond motifs is 1. The van der Waals surface area contributed by atoms with E-state index < -0.39 is 6.10 Å². The van der Waals surface area contributed by atoms with E-state index in [1.165, 1.54) is 47.7 Å². The maximum atomic E-state index is 13.2. The number of anilines is 1. The molecular weight excluding hydrogens is 334 g/mol. The average Bonchev–Trinajstić information content (AvgIpc) is 2.95. The lowest BCUT2D eigenvalue weighted by molar-refractivity contribution is -0.122. The normalized spacial score (nSPS) is 12.1. The minimum atomic E-state index is -0.737. The van der Waals surface area contributed by atoms with Gasteiger partial charge in [0.05, 0.1) is 10.2 Å². The highest BCUT2D eigenvalue weighted by Crippen LogP contribution is 2.27. The summed E-state index contributed by atoms with van der Waals surface area (Å²) in [6.07, 6.45) is -0.304. The number of thiazole rings is 1. The van der Waals surface area contributed by atoms with E-state index in [1.807, 2.05) is 6.92 Å². The second-order valence-corrected chi connectivity index (χ2v) is 6.12. The molecule has 1 aromatic heterocycles. The Morgan fingerprint density at radius 1 is 1.21 bits per heavy atom. The lowest BCUT2D eigenvalue weighted by Gasteiger charge is -2.16. The first kappa shape index (κ1) is 16.3. The summed E-state index contributed by atoms with van der Waals surface area (Å²) < 4.78 is 32.4. The number of rotatable bonds is 5. The molecule has 0 saturated carbocycles. The Kier molecular flexibility index (Phi) is 4.71. The SMILES string of the molecule is CC[C@@H](Oc1ccc(F)cc1)C(=O)Nc1nc2ccc(F)cc2s1. The van der Waals surface area contributed by atoms with Gasteiger partial charge >= 0.3 is 0 Å². The molecule has 1 atom stereocenters. The first-order valence-electron chi connectivity index (χ1n) is 7.34. The van der Waals surface area contributed by atoms with E-state index in [0.717, 1.165) is 0 Å². The van der Waals surface area contributed by atoms with Crippen LogP contribution in [0, 0.1) is 11.6 Å². The fourth-order valence-electron chi connectivity index (χ4n) is 2.14. The maximum Gasteiger partial charge on any atom is 0.267 e. The highest BCUT2D eigenvalue weighted by molar-refractivity contribution is 7.22. The van der Waals surface area contributed by atoms with Crippen molar-refractivity contribution in [1.29, 1.82) is 0 Å². The van der Waals surface area contributed by atoms with Gasteiger partial charge in [-0.05, 0) is 48.9 Å². The number of ether oxygens (including phenoxy) is 1. The maximum absolute atomic E-state index is 13.2. The van der Waals surface area contributed by atoms with Gasteiger partial charge in [-0.25, -0.2) is 13.8 Å². The molecule has 0 aliphatic heterocycles. The number of benzene rings is 2. The molecule has 1 amide bonds. The second-order valence-electron chi connectivity index (χ2n) is 5.09. The predicted molar refractivity (Wildman–Crippen MR) is 89.3 cm³/mol. The Hall–Kier alpha value is -2.54. The van der Waals surface area contributed by atoms with Crippen LogP contribution >= 0.6 is 11.3 Å². The van der Waals surface area contributed by atoms with E-state index in [-0.39, 0.29) is 17.5 Å². The molecule has 1 heterocycles. The summed E-state index contributed by atoms with van der Waals surface area (Å²) in [7, 11) is 0. The number of halogens is 2. The van der Waals surface area contributed by atoms with Crippen LogP contribution in [-0.4, -0.2) is 17.0 Å². The molecule has 3 aromatic rings. The van der Waals surface area contributed by atoms with Gasteiger partial charge in [0.1, 0.15) is 17.4 Å². The smallest absolute Gasteiger partial charge is 0.267 e. The first-order chi connectivity index (χ1) is 11.5. The Morgan fingerprint density at radius 3 is 2.62 bits per heavy atom. The van der Waals surface area contributed by atoms with Crippen molar-refractivity contribution < 1.29 is 18.3 Å². The van der Waals surface area contributed by atoms with Crippen LogP contribution < -0.4 is 10.1 Å². The summed E-state index contributed by atoms with van der Waals surface area (Å²) in [5, 5.41) is 3.06. The lowest BCUT2D eigenvalue weighted by atomic mass is 10.2. The van der Waals surface area contributed by atoms with Gasteiger partial charge in [0.25, 0.3) is 5.91 Å². The number of nitrogens with zero attached hydrogens (tertiary/aromatic N) is 1. The zero-order valence-electron chi connectivity index (χ0n) is 12.8. The molecule has 24 heavy (non-hydrogen) atoms. The molecule has 0 unspecified atom stereocenters. The molecule has 0 saturated heterocycles. The van der Waals surface area contributed by atoms with Crippen LogP contribution in [0.4, 0.5) is 13.9 Å². The molecule has 0 fully saturated rings. The summed E-state index contributed by atoms with van der Waals surface area (Å²) in [5.41, 5.74) is 0.615. The van der Waals surface area contributed by atoms with Gasteiger partial charge in [-0.1, -0.05) is 18.3 Å². The third-order valence-corrected chi connectivity index (χ3v) is 4.27. The molecular formula is C17H14F2N2O2S. The number of hydrogen-bond acceptors (Lipinski definition) is 4. The van der Waals surface area contributed by atoms with Gasteiger partial charge in [-0.15, -0.1) is 0 Å². The number of carbonyl (C=O) groups excluding carboxylic acids is 1. The molecule has 0 aliphatic carbocycles. The Labute approximate surface area is 141 Å². The van der Waals surface area contributed by atoms with Crippen molar-refractivity contribution in [2.45, 2.75) is 19.4 Å². The summed E-state index contributed by atoms with van der Waals surface area (Å²) in [6, 6.07) is 9.71. The third-order valence-electron chi connectivity index (χ3n) is 3.34. The zero-order valence-corrected chi connectivity index (χ0v) is 13.6. The minimum absolute atomic E-state index is 0.352. The highest BCUT2D eigenvalue weighted by Gasteiger charge is 2.20. The molecule has 0 spiro atoms. The largest absolute Gasteiger partial charge is 0.481 e. The Morgan fingerprint density at radius 2 is 1.92 bits per heavy atom. The predicted octanol–water partition coefficient (Wildman–Crippen LogP) is 4.37. The van der Waals surface area contributed by atoms with Crippen LogP contribution in [-0.2, 0) is 4.79 Å². The molecule has 2 aromatic carbocycles. The monoisotopic (exact) mass is 348 g/mol. The summed E-state index contributed by atoms with van der Waals surface area (Å²) in [6.45, 7) is 1.81. The number of amides is 1. The Bertz CT molecular complexity index is 865. The second kappa shape index (κ2) is 6.92. The van der Waals surface area contributed by atoms with Crippen LogP contribution in [0.5, 0.6) is 5.75 Å². The minimum Gasteiger partial charge on any atom is -0.481 e. The van der Waals surface area contributed by atoms with Crippen molar-refractivity contribution in [3.63, 3.8) is 0 Å². The molecule has 0 aliphatic rings. The van der Waals surface area contributed by atoms with Crippen LogP contribution in [0.3, 0.4) is 0 Å². The molecule has 0 bridgehead atoms. The molecule has 3 rings (SSSR count).